The third-order valence-corrected chi connectivity index (χ3v) is 5.14. The van der Waals surface area contributed by atoms with Gasteiger partial charge in [0.15, 0.2) is 0 Å². The highest BCUT2D eigenvalue weighted by Gasteiger charge is 2.34. The molecule has 2 aromatic carbocycles. The van der Waals surface area contributed by atoms with Crippen LogP contribution >= 0.6 is 0 Å². The van der Waals surface area contributed by atoms with E-state index in [0.29, 0.717) is 37.3 Å². The van der Waals surface area contributed by atoms with Gasteiger partial charge in [-0.25, -0.2) is 13.8 Å². The highest BCUT2D eigenvalue weighted by atomic mass is 19.1. The fourth-order valence-corrected chi connectivity index (χ4v) is 3.50. The van der Waals surface area contributed by atoms with E-state index < -0.39 is 0 Å². The maximum atomic E-state index is 13.8. The van der Waals surface area contributed by atoms with Gasteiger partial charge in [0.1, 0.15) is 17.4 Å². The maximum Gasteiger partial charge on any atom is 0.225 e. The summed E-state index contributed by atoms with van der Waals surface area (Å²) in [5.41, 5.74) is 0.671. The van der Waals surface area contributed by atoms with Crippen LogP contribution in [0.1, 0.15) is 18.4 Å². The minimum atomic E-state index is -0.332. The van der Waals surface area contributed by atoms with Gasteiger partial charge in [0.05, 0.1) is 0 Å². The molecule has 0 radical (unpaired) electrons. The van der Waals surface area contributed by atoms with Crippen LogP contribution in [0.3, 0.4) is 0 Å². The summed E-state index contributed by atoms with van der Waals surface area (Å²) in [5.74, 6) is 0.658. The number of aromatic nitrogens is 2. The van der Waals surface area contributed by atoms with Crippen molar-refractivity contribution in [2.75, 3.05) is 25.1 Å². The molecule has 29 heavy (non-hydrogen) atoms. The average molecular weight is 397 g/mol. The van der Waals surface area contributed by atoms with Gasteiger partial charge >= 0.3 is 0 Å². The first-order valence-corrected chi connectivity index (χ1v) is 9.47. The van der Waals surface area contributed by atoms with Gasteiger partial charge in [-0.3, -0.25) is 0 Å². The molecule has 1 aromatic heterocycles. The van der Waals surface area contributed by atoms with E-state index in [0.717, 1.165) is 18.4 Å². The first-order chi connectivity index (χ1) is 14.1. The van der Waals surface area contributed by atoms with E-state index >= 15 is 0 Å². The Hall–Kier alpha value is -3.06. The Bertz CT molecular complexity index is 960. The molecular weight excluding hydrogens is 376 g/mol. The number of hydrogen-bond acceptors (Lipinski definition) is 5. The molecule has 1 aliphatic heterocycles. The molecule has 0 atom stereocenters. The normalized spacial score (nSPS) is 15.7. The van der Waals surface area contributed by atoms with Gasteiger partial charge in [0.2, 0.25) is 11.8 Å². The van der Waals surface area contributed by atoms with Crippen molar-refractivity contribution in [2.24, 2.45) is 0 Å². The lowest BCUT2D eigenvalue weighted by Gasteiger charge is -2.38. The summed E-state index contributed by atoms with van der Waals surface area (Å²) in [7, 11) is 0. The summed E-state index contributed by atoms with van der Waals surface area (Å²) in [6.07, 6.45) is 3.14. The zero-order valence-corrected chi connectivity index (χ0v) is 15.8. The van der Waals surface area contributed by atoms with Crippen molar-refractivity contribution in [3.63, 3.8) is 0 Å². The SMILES string of the molecule is Fc1ccc(Oc2ccnc(NCC3(c4cccc(F)c4)CCOCC3)n2)cc1. The molecule has 2 heterocycles. The first-order valence-electron chi connectivity index (χ1n) is 9.47. The molecule has 1 saturated heterocycles. The van der Waals surface area contributed by atoms with Gasteiger partial charge < -0.3 is 14.8 Å². The van der Waals surface area contributed by atoms with Crippen LogP contribution in [0.25, 0.3) is 0 Å². The Balaban J connectivity index is 1.50. The molecule has 0 saturated carbocycles. The maximum absolute atomic E-state index is 13.8. The number of benzene rings is 2. The lowest BCUT2D eigenvalue weighted by Crippen LogP contribution is -2.40. The molecule has 4 rings (SSSR count). The summed E-state index contributed by atoms with van der Waals surface area (Å²) < 4.78 is 38.1. The minimum absolute atomic E-state index is 0.251. The summed E-state index contributed by atoms with van der Waals surface area (Å²) in [6.45, 7) is 1.78. The van der Waals surface area contributed by atoms with Crippen LogP contribution in [0.5, 0.6) is 11.6 Å². The highest BCUT2D eigenvalue weighted by molar-refractivity contribution is 5.35. The molecule has 1 N–H and O–H groups in total. The zero-order valence-electron chi connectivity index (χ0n) is 15.8. The van der Waals surface area contributed by atoms with E-state index in [1.165, 1.54) is 30.3 Å². The predicted molar refractivity (Wildman–Crippen MR) is 105 cm³/mol. The average Bonchev–Trinajstić information content (AvgIpc) is 2.75. The van der Waals surface area contributed by atoms with Crippen molar-refractivity contribution < 1.29 is 18.3 Å². The quantitative estimate of drug-likeness (QED) is 0.653. The van der Waals surface area contributed by atoms with Gasteiger partial charge in [-0.05, 0) is 54.8 Å². The molecule has 0 unspecified atom stereocenters. The van der Waals surface area contributed by atoms with Crippen LogP contribution in [-0.2, 0) is 10.2 Å². The Morgan fingerprint density at radius 3 is 2.55 bits per heavy atom. The Labute approximate surface area is 167 Å². The van der Waals surface area contributed by atoms with Crippen molar-refractivity contribution in [2.45, 2.75) is 18.3 Å². The Morgan fingerprint density at radius 2 is 1.79 bits per heavy atom. The summed E-state index contributed by atoms with van der Waals surface area (Å²) in [5, 5.41) is 3.27. The largest absolute Gasteiger partial charge is 0.439 e. The highest BCUT2D eigenvalue weighted by Crippen LogP contribution is 2.35. The van der Waals surface area contributed by atoms with Crippen molar-refractivity contribution in [3.05, 3.63) is 78.0 Å². The molecule has 3 aromatic rings. The molecule has 0 spiro atoms. The van der Waals surface area contributed by atoms with Gasteiger partial charge in [0, 0.05) is 37.4 Å². The number of ether oxygens (including phenoxy) is 2. The number of nitrogens with zero attached hydrogens (tertiary/aromatic N) is 2. The third kappa shape index (κ3) is 4.68. The van der Waals surface area contributed by atoms with E-state index in [-0.39, 0.29) is 17.0 Å². The second-order valence-corrected chi connectivity index (χ2v) is 7.03. The number of rotatable bonds is 6. The van der Waals surface area contributed by atoms with Gasteiger partial charge in [0.25, 0.3) is 0 Å². The lowest BCUT2D eigenvalue weighted by molar-refractivity contribution is 0.0542. The fourth-order valence-electron chi connectivity index (χ4n) is 3.50. The molecular formula is C22H21F2N3O2. The van der Waals surface area contributed by atoms with E-state index in [4.69, 9.17) is 9.47 Å². The van der Waals surface area contributed by atoms with Crippen LogP contribution in [0.4, 0.5) is 14.7 Å². The van der Waals surface area contributed by atoms with Gasteiger partial charge in [-0.1, -0.05) is 12.1 Å². The number of anilines is 1. The number of halogens is 2. The standard InChI is InChI=1S/C22H21F2N3O2/c23-17-4-6-19(7-5-17)29-20-8-11-25-21(27-20)26-15-22(9-12-28-13-10-22)16-2-1-3-18(24)14-16/h1-8,11,14H,9-10,12-13,15H2,(H,25,26,27). The minimum Gasteiger partial charge on any atom is -0.439 e. The molecule has 1 fully saturated rings. The number of nitrogens with one attached hydrogen (secondary N) is 1. The molecule has 0 aliphatic carbocycles. The molecule has 1 aliphatic rings. The second-order valence-electron chi connectivity index (χ2n) is 7.03. The fraction of sp³-hybridized carbons (Fsp3) is 0.273. The topological polar surface area (TPSA) is 56.3 Å². The van der Waals surface area contributed by atoms with E-state index in [2.05, 4.69) is 15.3 Å². The second kappa shape index (κ2) is 8.53. The van der Waals surface area contributed by atoms with Crippen molar-refractivity contribution in [3.8, 4) is 11.6 Å². The summed E-state index contributed by atoms with van der Waals surface area (Å²) in [6, 6.07) is 14.1. The Morgan fingerprint density at radius 1 is 1.00 bits per heavy atom. The zero-order chi connectivity index (χ0) is 20.1. The van der Waals surface area contributed by atoms with Crippen LogP contribution in [0, 0.1) is 11.6 Å². The molecule has 7 heteroatoms. The van der Waals surface area contributed by atoms with Crippen LogP contribution in [0.15, 0.2) is 60.8 Å². The lowest BCUT2D eigenvalue weighted by atomic mass is 9.74. The van der Waals surface area contributed by atoms with Crippen LogP contribution < -0.4 is 10.1 Å². The first kappa shape index (κ1) is 19.3. The molecule has 150 valence electrons. The summed E-state index contributed by atoms with van der Waals surface area (Å²) >= 11 is 0. The van der Waals surface area contributed by atoms with E-state index in [1.807, 2.05) is 6.07 Å². The summed E-state index contributed by atoms with van der Waals surface area (Å²) in [4.78, 5) is 8.63. The van der Waals surface area contributed by atoms with Crippen LogP contribution in [0.2, 0.25) is 0 Å². The molecule has 5 nitrogen and oxygen atoms in total. The third-order valence-electron chi connectivity index (χ3n) is 5.14. The van der Waals surface area contributed by atoms with Crippen molar-refractivity contribution >= 4 is 5.95 Å². The van der Waals surface area contributed by atoms with Crippen molar-refractivity contribution in [1.29, 1.82) is 0 Å². The van der Waals surface area contributed by atoms with Crippen molar-refractivity contribution in [1.82, 2.24) is 9.97 Å². The Kier molecular flexibility index (Phi) is 5.67. The van der Waals surface area contributed by atoms with Crippen LogP contribution in [-0.4, -0.2) is 29.7 Å². The smallest absolute Gasteiger partial charge is 0.225 e. The van der Waals surface area contributed by atoms with Gasteiger partial charge in [-0.15, -0.1) is 0 Å². The predicted octanol–water partition coefficient (Wildman–Crippen LogP) is 4.71. The van der Waals surface area contributed by atoms with E-state index in [1.54, 1.807) is 24.4 Å². The monoisotopic (exact) mass is 397 g/mol. The number of hydrogen-bond donors (Lipinski definition) is 1. The molecule has 0 bridgehead atoms. The molecule has 0 amide bonds. The van der Waals surface area contributed by atoms with Gasteiger partial charge in [-0.2, -0.15) is 4.98 Å². The van der Waals surface area contributed by atoms with E-state index in [9.17, 15) is 8.78 Å².